The zero-order valence-corrected chi connectivity index (χ0v) is 18.1. The lowest BCUT2D eigenvalue weighted by molar-refractivity contribution is -0.138. The fraction of sp³-hybridized carbons (Fsp3) is 0.0833. The van der Waals surface area contributed by atoms with Crippen LogP contribution in [0.5, 0.6) is 0 Å². The number of halogens is 6. The van der Waals surface area contributed by atoms with Crippen molar-refractivity contribution >= 4 is 24.2 Å². The maximum atomic E-state index is 13.0. The van der Waals surface area contributed by atoms with Crippen LogP contribution < -0.4 is 10.9 Å². The Kier molecular flexibility index (Phi) is 7.87. The lowest BCUT2D eigenvalue weighted by Crippen LogP contribution is -2.20. The summed E-state index contributed by atoms with van der Waals surface area (Å²) in [6.45, 7) is 0. The molecule has 36 heavy (non-hydrogen) atoms. The number of hydrogen-bond acceptors (Lipinski definition) is 4. The Morgan fingerprint density at radius 3 is 1.25 bits per heavy atom. The van der Waals surface area contributed by atoms with Crippen LogP contribution in [0.1, 0.15) is 43.0 Å². The Hall–Kier alpha value is -4.48. The normalized spacial score (nSPS) is 12.2. The number of rotatable bonds is 6. The van der Waals surface area contributed by atoms with Crippen molar-refractivity contribution in [1.82, 2.24) is 10.9 Å². The SMILES string of the molecule is O=C(NN=Cc1ccccc1C(F)(F)F)c1ccc(C(=O)NN=Cc2ccccc2C(F)(F)F)cc1. The molecule has 186 valence electrons. The van der Waals surface area contributed by atoms with Crippen molar-refractivity contribution in [2.45, 2.75) is 12.4 Å². The van der Waals surface area contributed by atoms with Crippen molar-refractivity contribution in [3.05, 3.63) is 106 Å². The first kappa shape index (κ1) is 26.1. The van der Waals surface area contributed by atoms with Gasteiger partial charge in [0.25, 0.3) is 11.8 Å². The van der Waals surface area contributed by atoms with Gasteiger partial charge in [0, 0.05) is 22.3 Å². The van der Waals surface area contributed by atoms with Gasteiger partial charge in [0.1, 0.15) is 0 Å². The van der Waals surface area contributed by atoms with Gasteiger partial charge in [-0.25, -0.2) is 10.9 Å². The molecule has 0 saturated heterocycles. The third kappa shape index (κ3) is 6.78. The Balaban J connectivity index is 1.60. The summed E-state index contributed by atoms with van der Waals surface area (Å²) in [5.74, 6) is -1.49. The molecule has 0 heterocycles. The highest BCUT2D eigenvalue weighted by Crippen LogP contribution is 2.31. The summed E-state index contributed by atoms with van der Waals surface area (Å²) >= 11 is 0. The summed E-state index contributed by atoms with van der Waals surface area (Å²) in [4.78, 5) is 24.4. The molecular formula is C24H16F6N4O2. The van der Waals surface area contributed by atoms with Crippen LogP contribution in [-0.2, 0) is 12.4 Å². The summed E-state index contributed by atoms with van der Waals surface area (Å²) in [5, 5.41) is 7.08. The first-order valence-electron chi connectivity index (χ1n) is 10.1. The van der Waals surface area contributed by atoms with E-state index >= 15 is 0 Å². The van der Waals surface area contributed by atoms with Gasteiger partial charge >= 0.3 is 12.4 Å². The number of amides is 2. The molecule has 6 nitrogen and oxygen atoms in total. The fourth-order valence-electron chi connectivity index (χ4n) is 2.96. The van der Waals surface area contributed by atoms with Crippen LogP contribution in [0.3, 0.4) is 0 Å². The zero-order valence-electron chi connectivity index (χ0n) is 18.1. The molecule has 0 atom stereocenters. The third-order valence-corrected chi connectivity index (χ3v) is 4.68. The number of alkyl halides is 6. The predicted molar refractivity (Wildman–Crippen MR) is 119 cm³/mol. The van der Waals surface area contributed by atoms with E-state index in [0.29, 0.717) is 0 Å². The lowest BCUT2D eigenvalue weighted by atomic mass is 10.1. The number of nitrogens with zero attached hydrogens (tertiary/aromatic N) is 2. The second-order valence-electron chi connectivity index (χ2n) is 7.15. The average molecular weight is 506 g/mol. The Labute approximate surface area is 200 Å². The van der Waals surface area contributed by atoms with Gasteiger partial charge in [0.05, 0.1) is 23.6 Å². The van der Waals surface area contributed by atoms with E-state index in [1.165, 1.54) is 60.7 Å². The maximum Gasteiger partial charge on any atom is 0.417 e. The highest BCUT2D eigenvalue weighted by Gasteiger charge is 2.33. The number of benzene rings is 3. The van der Waals surface area contributed by atoms with Crippen LogP contribution in [0.15, 0.2) is 83.0 Å². The van der Waals surface area contributed by atoms with Crippen molar-refractivity contribution in [3.8, 4) is 0 Å². The highest BCUT2D eigenvalue weighted by atomic mass is 19.4. The van der Waals surface area contributed by atoms with Crippen LogP contribution in [0.25, 0.3) is 0 Å². The molecule has 0 spiro atoms. The van der Waals surface area contributed by atoms with Gasteiger partial charge in [-0.3, -0.25) is 9.59 Å². The predicted octanol–water partition coefficient (Wildman–Crippen LogP) is 5.25. The number of carbonyl (C=O) groups excluding carboxylic acids is 2. The minimum Gasteiger partial charge on any atom is -0.267 e. The molecule has 0 aliphatic heterocycles. The second-order valence-corrected chi connectivity index (χ2v) is 7.15. The molecule has 2 amide bonds. The van der Waals surface area contributed by atoms with Crippen molar-refractivity contribution in [1.29, 1.82) is 0 Å². The molecule has 12 heteroatoms. The molecule has 0 aliphatic rings. The summed E-state index contributed by atoms with van der Waals surface area (Å²) in [6, 6.07) is 14.4. The number of nitrogens with one attached hydrogen (secondary N) is 2. The number of hydrogen-bond donors (Lipinski definition) is 2. The Morgan fingerprint density at radius 2 is 0.917 bits per heavy atom. The van der Waals surface area contributed by atoms with Gasteiger partial charge < -0.3 is 0 Å². The molecule has 3 aromatic rings. The van der Waals surface area contributed by atoms with E-state index in [9.17, 15) is 35.9 Å². The van der Waals surface area contributed by atoms with Gasteiger partial charge in [0.15, 0.2) is 0 Å². The molecule has 0 radical (unpaired) electrons. The van der Waals surface area contributed by atoms with E-state index in [1.54, 1.807) is 0 Å². The molecule has 2 N–H and O–H groups in total. The molecule has 0 aromatic heterocycles. The standard InChI is InChI=1S/C24H16F6N4O2/c25-23(26,27)19-7-3-1-5-17(19)13-31-33-21(35)15-9-11-16(12-10-15)22(36)34-32-14-18-6-2-4-8-20(18)24(28,29)30/h1-14H,(H,33,35)(H,34,36). The molecule has 0 unspecified atom stereocenters. The zero-order chi connectivity index (χ0) is 26.3. The van der Waals surface area contributed by atoms with Crippen molar-refractivity contribution in [2.75, 3.05) is 0 Å². The van der Waals surface area contributed by atoms with Gasteiger partial charge in [-0.15, -0.1) is 0 Å². The van der Waals surface area contributed by atoms with Crippen molar-refractivity contribution in [2.24, 2.45) is 10.2 Å². The molecular weight excluding hydrogens is 490 g/mol. The van der Waals surface area contributed by atoms with Gasteiger partial charge in [-0.05, 0) is 36.4 Å². The Bertz CT molecular complexity index is 1200. The Morgan fingerprint density at radius 1 is 0.583 bits per heavy atom. The third-order valence-electron chi connectivity index (χ3n) is 4.68. The minimum atomic E-state index is -4.59. The summed E-state index contributed by atoms with van der Waals surface area (Å²) in [7, 11) is 0. The first-order chi connectivity index (χ1) is 17.0. The van der Waals surface area contributed by atoms with E-state index in [4.69, 9.17) is 0 Å². The number of hydrazone groups is 2. The summed E-state index contributed by atoms with van der Waals surface area (Å²) in [5.41, 5.74) is 1.98. The van der Waals surface area contributed by atoms with E-state index in [0.717, 1.165) is 24.6 Å². The van der Waals surface area contributed by atoms with Crippen LogP contribution in [0, 0.1) is 0 Å². The minimum absolute atomic E-state index is 0.0513. The molecule has 0 fully saturated rings. The van der Waals surface area contributed by atoms with Gasteiger partial charge in [-0.1, -0.05) is 36.4 Å². The van der Waals surface area contributed by atoms with Crippen LogP contribution in [0.4, 0.5) is 26.3 Å². The van der Waals surface area contributed by atoms with Crippen LogP contribution in [-0.4, -0.2) is 24.2 Å². The maximum absolute atomic E-state index is 13.0. The molecule has 3 rings (SSSR count). The molecule has 0 aliphatic carbocycles. The van der Waals surface area contributed by atoms with E-state index in [-0.39, 0.29) is 22.3 Å². The molecule has 3 aromatic carbocycles. The van der Waals surface area contributed by atoms with E-state index < -0.39 is 35.3 Å². The fourth-order valence-corrected chi connectivity index (χ4v) is 2.96. The molecule has 0 bridgehead atoms. The van der Waals surface area contributed by atoms with Crippen LogP contribution in [0.2, 0.25) is 0 Å². The monoisotopic (exact) mass is 506 g/mol. The van der Waals surface area contributed by atoms with Crippen LogP contribution >= 0.6 is 0 Å². The first-order valence-corrected chi connectivity index (χ1v) is 10.1. The van der Waals surface area contributed by atoms with Gasteiger partial charge in [0.2, 0.25) is 0 Å². The van der Waals surface area contributed by atoms with Crippen molar-refractivity contribution in [3.63, 3.8) is 0 Å². The topological polar surface area (TPSA) is 82.9 Å². The summed E-state index contributed by atoms with van der Waals surface area (Å²) < 4.78 is 78.0. The lowest BCUT2D eigenvalue weighted by Gasteiger charge is -2.09. The van der Waals surface area contributed by atoms with E-state index in [2.05, 4.69) is 21.1 Å². The largest absolute Gasteiger partial charge is 0.417 e. The second kappa shape index (κ2) is 10.8. The molecule has 0 saturated carbocycles. The highest BCUT2D eigenvalue weighted by molar-refractivity contribution is 5.98. The number of carbonyl (C=O) groups is 2. The quantitative estimate of drug-likeness (QED) is 0.272. The van der Waals surface area contributed by atoms with Gasteiger partial charge in [-0.2, -0.15) is 36.5 Å². The van der Waals surface area contributed by atoms with Crippen molar-refractivity contribution < 1.29 is 35.9 Å². The smallest absolute Gasteiger partial charge is 0.267 e. The summed E-state index contributed by atoms with van der Waals surface area (Å²) in [6.07, 6.45) is -7.46. The van der Waals surface area contributed by atoms with E-state index in [1.807, 2.05) is 0 Å². The average Bonchev–Trinajstić information content (AvgIpc) is 2.83.